The molecule has 0 radical (unpaired) electrons. The molecule has 0 saturated heterocycles. The maximum Gasteiger partial charge on any atom is 0.338 e. The number of nitrogens with one attached hydrogen (secondary N) is 1. The number of hydrogen-bond donors (Lipinski definition) is 4. The number of halogens is 2. The van der Waals surface area contributed by atoms with E-state index < -0.39 is 16.7 Å². The van der Waals surface area contributed by atoms with Crippen LogP contribution in [0.1, 0.15) is 249 Å². The van der Waals surface area contributed by atoms with E-state index in [0.717, 1.165) is 61.8 Å². The minimum absolute atomic E-state index is 0.00231. The fourth-order valence-electron chi connectivity index (χ4n) is 10.4. The van der Waals surface area contributed by atoms with Crippen LogP contribution in [0.5, 0.6) is 0 Å². The number of carbonyl (C=O) groups is 4. The first-order valence-electron chi connectivity index (χ1n) is 35.1. The molecule has 1 aromatic heterocycles. The fraction of sp³-hybridized carbons (Fsp3) is 0.707. The van der Waals surface area contributed by atoms with E-state index in [1.165, 1.54) is 125 Å². The van der Waals surface area contributed by atoms with Crippen LogP contribution >= 0.6 is 11.6 Å². The van der Waals surface area contributed by atoms with E-state index in [2.05, 4.69) is 84.4 Å². The van der Waals surface area contributed by atoms with Crippen LogP contribution in [0.4, 0.5) is 15.9 Å². The van der Waals surface area contributed by atoms with E-state index in [1.807, 2.05) is 45.9 Å². The number of nitro benzene ring substituents is 1. The predicted octanol–water partition coefficient (Wildman–Crippen LogP) is 16.7. The molecule has 2 aromatic carbocycles. The van der Waals surface area contributed by atoms with Crippen molar-refractivity contribution in [1.29, 1.82) is 5.26 Å². The number of rotatable bonds is 26. The summed E-state index contributed by atoms with van der Waals surface area (Å²) in [7, 11) is 3.07. The van der Waals surface area contributed by atoms with E-state index in [0.29, 0.717) is 64.2 Å². The number of nitrogens with two attached hydrogens (primary N) is 1. The summed E-state index contributed by atoms with van der Waals surface area (Å²) >= 11 is 5.84. The van der Waals surface area contributed by atoms with Gasteiger partial charge in [0.05, 0.1) is 46.5 Å². The number of benzene rings is 2. The summed E-state index contributed by atoms with van der Waals surface area (Å²) < 4.78 is 19.4. The number of nitriles is 1. The number of nitrogens with zero attached hydrogens (tertiary/aromatic N) is 5. The van der Waals surface area contributed by atoms with E-state index in [4.69, 9.17) is 27.3 Å². The van der Waals surface area contributed by atoms with E-state index in [1.54, 1.807) is 19.2 Å². The topological polar surface area (TPSA) is 252 Å². The average Bonchev–Trinajstić information content (AvgIpc) is 1.59. The lowest BCUT2D eigenvalue weighted by molar-refractivity contribution is -0.384. The van der Waals surface area contributed by atoms with Crippen molar-refractivity contribution < 1.29 is 48.3 Å². The number of nitro groups is 1. The maximum atomic E-state index is 13.9. The molecule has 3 aromatic rings. The number of pyridine rings is 1. The van der Waals surface area contributed by atoms with Crippen molar-refractivity contribution in [2.24, 2.45) is 82.7 Å². The quantitative estimate of drug-likeness (QED) is 0.0192. The third-order valence-electron chi connectivity index (χ3n) is 18.6. The SMILES string of the molecule is CC(C)C(CC1CC1)OC(=O)c1ccc([N+](=O)[O-])cc1.CC(C)C(O)CC1CC1.CC(C)C(O)CC1CC1.CC(C)[C@@H](CC1CC1)N1C(=O)c2ccccc2C1=O.CC(C)[C@@H](CC1CC1)Nc1nc(Cl)c(C#N)cc1F.CC(C)[C@H](N)CC1CC1.CON(C)C(=O)C(C)C. The third-order valence-corrected chi connectivity index (χ3v) is 18.8. The summed E-state index contributed by atoms with van der Waals surface area (Å²) in [4.78, 5) is 68.0. The van der Waals surface area contributed by atoms with Crippen LogP contribution in [0, 0.1) is 104 Å². The van der Waals surface area contributed by atoms with Crippen LogP contribution in [0.25, 0.3) is 0 Å². The van der Waals surface area contributed by atoms with Crippen molar-refractivity contribution in [3.05, 3.63) is 97.9 Å². The molecule has 1 aliphatic heterocycles. The number of non-ortho nitro benzene ring substituents is 1. The summed E-state index contributed by atoms with van der Waals surface area (Å²) in [5.74, 6) is 6.39. The largest absolute Gasteiger partial charge is 0.459 e. The predicted molar refractivity (Wildman–Crippen MR) is 372 cm³/mol. The van der Waals surface area contributed by atoms with Gasteiger partial charge >= 0.3 is 5.97 Å². The zero-order valence-electron chi connectivity index (χ0n) is 59.6. The van der Waals surface area contributed by atoms with Crippen LogP contribution in [0.2, 0.25) is 5.15 Å². The van der Waals surface area contributed by atoms with Crippen LogP contribution in [-0.4, -0.2) is 104 Å². The number of imide groups is 1. The van der Waals surface area contributed by atoms with Crippen LogP contribution < -0.4 is 11.1 Å². The van der Waals surface area contributed by atoms with Crippen molar-refractivity contribution in [2.45, 2.75) is 249 Å². The van der Waals surface area contributed by atoms with Gasteiger partial charge in [-0.25, -0.2) is 19.2 Å². The highest BCUT2D eigenvalue weighted by Crippen LogP contribution is 2.41. The Morgan fingerprint density at radius 2 is 1.13 bits per heavy atom. The molecule has 19 heteroatoms. The average molecular weight is 1330 g/mol. The molecule has 0 spiro atoms. The van der Waals surface area contributed by atoms with Crippen LogP contribution in [0.3, 0.4) is 0 Å². The molecule has 6 atom stereocenters. The Hall–Kier alpha value is -5.58. The van der Waals surface area contributed by atoms with Gasteiger partial charge < -0.3 is 26.0 Å². The maximum absolute atomic E-state index is 13.9. The lowest BCUT2D eigenvalue weighted by Gasteiger charge is -2.29. The van der Waals surface area contributed by atoms with Crippen LogP contribution in [0.15, 0.2) is 54.6 Å². The van der Waals surface area contributed by atoms with E-state index in [9.17, 15) is 43.9 Å². The molecule has 3 unspecified atom stereocenters. The zero-order valence-corrected chi connectivity index (χ0v) is 60.4. The standard InChI is InChI=1S/C16H19NO2.C15H19NO4.C14H17ClFN3.C8H17N.2C8H16O.C6H13NO2/c1-10(2)14(9-11-7-8-11)17-15(18)12-5-3-4-6-13(12)16(17)19;1-10(2)14(9-11-3-4-11)20-15(17)12-5-7-13(8-6-12)16(18)19;1-8(2)12(5-9-3-4-9)18-14-11(16)6-10(7-17)13(15)19-14;3*1-6(2)8(9)5-7-3-4-7;1-5(2)6(8)7(3)9-4/h3-6,10-11,14H,7-9H2,1-2H3;5-8,10-11,14H,3-4,9H2,1-2H3;6,8-9,12H,3-5H2,1-2H3,(H,18,19);6-8H,3-5,9H2,1-2H3;2*6-9H,3-5H2,1-2H3;5H,1-4H3/t14-;;12-;8-;;;/m1.11.../s1. The highest BCUT2D eigenvalue weighted by Gasteiger charge is 2.43. The first kappa shape index (κ1) is 80.9. The minimum Gasteiger partial charge on any atom is -0.459 e. The number of hydrogen-bond acceptors (Lipinski definition) is 14. The zero-order chi connectivity index (χ0) is 70.3. The molecule has 6 aliphatic carbocycles. The molecule has 17 nitrogen and oxygen atoms in total. The van der Waals surface area contributed by atoms with E-state index >= 15 is 0 Å². The van der Waals surface area contributed by atoms with Gasteiger partial charge in [0, 0.05) is 43.2 Å². The smallest absolute Gasteiger partial charge is 0.338 e. The molecule has 10 rings (SSSR count). The molecule has 7 aliphatic rings. The highest BCUT2D eigenvalue weighted by atomic mass is 35.5. The second-order valence-electron chi connectivity index (χ2n) is 29.9. The Balaban J connectivity index is 0.000000241. The fourth-order valence-corrected chi connectivity index (χ4v) is 10.6. The Morgan fingerprint density at radius 1 is 0.691 bits per heavy atom. The molecule has 6 fully saturated rings. The molecule has 526 valence electrons. The Bertz CT molecular complexity index is 2770. The molecule has 5 N–H and O–H groups in total. The van der Waals surface area contributed by atoms with Gasteiger partial charge in [-0.3, -0.25) is 34.2 Å². The van der Waals surface area contributed by atoms with Crippen molar-refractivity contribution in [1.82, 2.24) is 14.9 Å². The minimum atomic E-state index is -0.526. The number of aliphatic hydroxyl groups excluding tert-OH is 2. The summed E-state index contributed by atoms with van der Waals surface area (Å²) in [6.07, 6.45) is 21.8. The Morgan fingerprint density at radius 3 is 1.49 bits per heavy atom. The van der Waals surface area contributed by atoms with Crippen molar-refractivity contribution in [2.75, 3.05) is 19.5 Å². The number of amides is 3. The molecule has 94 heavy (non-hydrogen) atoms. The van der Waals surface area contributed by atoms with Crippen molar-refractivity contribution in [3.63, 3.8) is 0 Å². The third kappa shape index (κ3) is 29.8. The lowest BCUT2D eigenvalue weighted by Crippen LogP contribution is -2.43. The second-order valence-corrected chi connectivity index (χ2v) is 30.2. The molecule has 0 bridgehead atoms. The summed E-state index contributed by atoms with van der Waals surface area (Å²) in [6.45, 7) is 28.8. The highest BCUT2D eigenvalue weighted by molar-refractivity contribution is 6.30. The second kappa shape index (κ2) is 39.6. The molecule has 3 amide bonds. The van der Waals surface area contributed by atoms with Crippen molar-refractivity contribution in [3.8, 4) is 6.07 Å². The Labute approximate surface area is 567 Å². The summed E-state index contributed by atoms with van der Waals surface area (Å²) in [5.41, 5.74) is 7.38. The van der Waals surface area contributed by atoms with Gasteiger partial charge in [0.1, 0.15) is 17.3 Å². The number of carbonyl (C=O) groups excluding carboxylic acids is 4. The monoisotopic (exact) mass is 1330 g/mol. The van der Waals surface area contributed by atoms with Gasteiger partial charge in [0.15, 0.2) is 11.6 Å². The first-order chi connectivity index (χ1) is 44.3. The number of hydroxylamine groups is 2. The lowest BCUT2D eigenvalue weighted by atomic mass is 9.96. The number of aromatic nitrogens is 1. The van der Waals surface area contributed by atoms with Crippen LogP contribution in [-0.2, 0) is 14.4 Å². The van der Waals surface area contributed by atoms with Crippen molar-refractivity contribution >= 4 is 46.8 Å². The van der Waals surface area contributed by atoms with Gasteiger partial charge in [-0.2, -0.15) is 5.26 Å². The number of aliphatic hydroxyl groups is 2. The summed E-state index contributed by atoms with van der Waals surface area (Å²) in [6, 6.07) is 16.3. The number of esters is 1. The molecular weight excluding hydrogens is 1210 g/mol. The first-order valence-corrected chi connectivity index (χ1v) is 35.5. The Kier molecular flexibility index (Phi) is 34.1. The van der Waals surface area contributed by atoms with E-state index in [-0.39, 0.29) is 82.2 Å². The van der Waals surface area contributed by atoms with Gasteiger partial charge in [-0.1, -0.05) is 198 Å². The van der Waals surface area contributed by atoms with Gasteiger partial charge in [0.2, 0.25) is 5.91 Å². The molecular formula is C75H117ClFN7O10. The number of anilines is 1. The van der Waals surface area contributed by atoms with Gasteiger partial charge in [0.25, 0.3) is 17.5 Å². The molecule has 2 heterocycles. The number of fused-ring (bicyclic) bond motifs is 1. The number of ether oxygens (including phenoxy) is 1. The van der Waals surface area contributed by atoms with Gasteiger partial charge in [-0.05, 0) is 140 Å². The molecule has 6 saturated carbocycles. The summed E-state index contributed by atoms with van der Waals surface area (Å²) in [5, 5.41) is 42.4. The normalized spacial score (nSPS) is 18.2. The van der Waals surface area contributed by atoms with Gasteiger partial charge in [-0.15, -0.1) is 0 Å².